The summed E-state index contributed by atoms with van der Waals surface area (Å²) < 4.78 is 0. The minimum absolute atomic E-state index is 0.191. The van der Waals surface area contributed by atoms with Crippen molar-refractivity contribution in [1.29, 1.82) is 0 Å². The molecule has 0 aromatic rings. The highest BCUT2D eigenvalue weighted by Gasteiger charge is 2.25. The molecule has 4 N–H and O–H groups in total. The Bertz CT molecular complexity index is 354. The van der Waals surface area contributed by atoms with Gasteiger partial charge in [-0.3, -0.25) is 4.79 Å². The van der Waals surface area contributed by atoms with Crippen LogP contribution in [0.5, 0.6) is 0 Å². The third-order valence-electron chi connectivity index (χ3n) is 2.92. The van der Waals surface area contributed by atoms with Gasteiger partial charge in [-0.15, -0.1) is 0 Å². The van der Waals surface area contributed by atoms with Crippen LogP contribution in [0.1, 0.15) is 19.8 Å². The second kappa shape index (κ2) is 6.93. The molecule has 1 aliphatic heterocycles. The van der Waals surface area contributed by atoms with E-state index in [9.17, 15) is 14.4 Å². The molecule has 3 amide bonds. The van der Waals surface area contributed by atoms with Gasteiger partial charge in [0.05, 0.1) is 6.61 Å². The van der Waals surface area contributed by atoms with E-state index in [2.05, 4.69) is 10.6 Å². The van der Waals surface area contributed by atoms with Crippen LogP contribution in [0.2, 0.25) is 0 Å². The van der Waals surface area contributed by atoms with Crippen LogP contribution < -0.4 is 10.6 Å². The third-order valence-corrected chi connectivity index (χ3v) is 2.92. The number of aliphatic hydroxyl groups excluding tert-OH is 1. The van der Waals surface area contributed by atoms with Gasteiger partial charge in [-0.2, -0.15) is 0 Å². The summed E-state index contributed by atoms with van der Waals surface area (Å²) in [5.74, 6) is -1.53. The molecule has 0 aliphatic carbocycles. The molecule has 1 unspecified atom stereocenters. The summed E-state index contributed by atoms with van der Waals surface area (Å²) in [6, 6.07) is -2.90. The van der Waals surface area contributed by atoms with Crippen molar-refractivity contribution in [2.24, 2.45) is 0 Å². The normalized spacial score (nSPS) is 17.7. The Morgan fingerprint density at radius 3 is 2.26 bits per heavy atom. The van der Waals surface area contributed by atoms with Crippen LogP contribution in [0.25, 0.3) is 0 Å². The molecule has 8 heteroatoms. The molecule has 1 fully saturated rings. The van der Waals surface area contributed by atoms with Crippen molar-refractivity contribution in [1.82, 2.24) is 15.5 Å². The maximum atomic E-state index is 11.9. The quantitative estimate of drug-likeness (QED) is 0.498. The van der Waals surface area contributed by atoms with E-state index in [-0.39, 0.29) is 5.91 Å². The van der Waals surface area contributed by atoms with E-state index >= 15 is 0 Å². The van der Waals surface area contributed by atoms with Gasteiger partial charge in [-0.05, 0) is 19.8 Å². The van der Waals surface area contributed by atoms with Gasteiger partial charge in [-0.1, -0.05) is 0 Å². The number of nitrogens with one attached hydrogen (secondary N) is 2. The van der Waals surface area contributed by atoms with Gasteiger partial charge in [-0.25, -0.2) is 9.59 Å². The number of carbonyl (C=O) groups is 3. The van der Waals surface area contributed by atoms with E-state index in [0.29, 0.717) is 13.1 Å². The molecule has 0 aromatic heterocycles. The molecule has 0 spiro atoms. The van der Waals surface area contributed by atoms with Crippen molar-refractivity contribution >= 4 is 17.9 Å². The van der Waals surface area contributed by atoms with E-state index in [0.717, 1.165) is 12.8 Å². The first-order valence-corrected chi connectivity index (χ1v) is 6.15. The highest BCUT2D eigenvalue weighted by Crippen LogP contribution is 2.08. The topological polar surface area (TPSA) is 119 Å². The second-order valence-corrected chi connectivity index (χ2v) is 4.45. The van der Waals surface area contributed by atoms with Crippen LogP contribution in [0.15, 0.2) is 0 Å². The lowest BCUT2D eigenvalue weighted by atomic mass is 10.3. The number of urea groups is 1. The number of nitrogens with zero attached hydrogens (tertiary/aromatic N) is 1. The van der Waals surface area contributed by atoms with E-state index in [1.54, 1.807) is 4.90 Å². The van der Waals surface area contributed by atoms with Crippen molar-refractivity contribution < 1.29 is 24.6 Å². The average molecular weight is 273 g/mol. The molecule has 1 rings (SSSR count). The number of carbonyl (C=O) groups excluding carboxylic acids is 2. The van der Waals surface area contributed by atoms with Crippen LogP contribution >= 0.6 is 0 Å². The number of aliphatic hydroxyl groups is 1. The first-order valence-electron chi connectivity index (χ1n) is 6.15. The standard InChI is InChI=1S/C11H19N3O5/c1-7(9(16)14-4-2-3-5-14)12-11(19)13-8(6-15)10(17)18/h7-8,15H,2-6H2,1H3,(H,17,18)(H2,12,13,19)/t7?,8-/m1/s1. The fraction of sp³-hybridized carbons (Fsp3) is 0.727. The Hall–Kier alpha value is -1.83. The molecule has 0 radical (unpaired) electrons. The van der Waals surface area contributed by atoms with E-state index < -0.39 is 30.7 Å². The lowest BCUT2D eigenvalue weighted by Crippen LogP contribution is -2.53. The van der Waals surface area contributed by atoms with Gasteiger partial charge >= 0.3 is 12.0 Å². The number of carboxylic acid groups (broad SMARTS) is 1. The van der Waals surface area contributed by atoms with E-state index in [1.165, 1.54) is 6.92 Å². The largest absolute Gasteiger partial charge is 0.480 e. The molecule has 8 nitrogen and oxygen atoms in total. The Labute approximate surface area is 110 Å². The summed E-state index contributed by atoms with van der Waals surface area (Å²) in [5.41, 5.74) is 0. The molecular formula is C11H19N3O5. The highest BCUT2D eigenvalue weighted by atomic mass is 16.4. The Morgan fingerprint density at radius 2 is 1.79 bits per heavy atom. The fourth-order valence-electron chi connectivity index (χ4n) is 1.86. The van der Waals surface area contributed by atoms with Crippen molar-refractivity contribution in [3.63, 3.8) is 0 Å². The molecule has 108 valence electrons. The van der Waals surface area contributed by atoms with Crippen LogP contribution in [-0.2, 0) is 9.59 Å². The monoisotopic (exact) mass is 273 g/mol. The first kappa shape index (κ1) is 15.2. The summed E-state index contributed by atoms with van der Waals surface area (Å²) in [6.07, 6.45) is 1.91. The predicted octanol–water partition coefficient (Wildman–Crippen LogP) is -1.26. The van der Waals surface area contributed by atoms with Crippen molar-refractivity contribution in [3.8, 4) is 0 Å². The molecule has 2 atom stereocenters. The number of carboxylic acids is 1. The molecule has 0 bridgehead atoms. The lowest BCUT2D eigenvalue weighted by Gasteiger charge is -2.22. The Balaban J connectivity index is 2.42. The van der Waals surface area contributed by atoms with Crippen LogP contribution in [-0.4, -0.2) is 64.8 Å². The lowest BCUT2D eigenvalue weighted by molar-refractivity contribution is -0.140. The fourth-order valence-corrected chi connectivity index (χ4v) is 1.86. The third kappa shape index (κ3) is 4.40. The van der Waals surface area contributed by atoms with E-state index in [4.69, 9.17) is 10.2 Å². The number of hydrogen-bond acceptors (Lipinski definition) is 4. The molecule has 1 saturated heterocycles. The summed E-state index contributed by atoms with van der Waals surface area (Å²) in [4.78, 5) is 35.6. The highest BCUT2D eigenvalue weighted by molar-refractivity contribution is 5.88. The van der Waals surface area contributed by atoms with Gasteiger partial charge in [0.15, 0.2) is 6.04 Å². The number of amides is 3. The van der Waals surface area contributed by atoms with Gasteiger partial charge in [0.25, 0.3) is 0 Å². The maximum absolute atomic E-state index is 11.9. The van der Waals surface area contributed by atoms with Gasteiger partial charge in [0.1, 0.15) is 6.04 Å². The summed E-state index contributed by atoms with van der Waals surface area (Å²) in [6.45, 7) is 2.19. The summed E-state index contributed by atoms with van der Waals surface area (Å²) >= 11 is 0. The minimum atomic E-state index is -1.38. The summed E-state index contributed by atoms with van der Waals surface area (Å²) in [7, 11) is 0. The summed E-state index contributed by atoms with van der Waals surface area (Å²) in [5, 5.41) is 21.9. The first-order chi connectivity index (χ1) is 8.95. The van der Waals surface area contributed by atoms with Crippen molar-refractivity contribution in [2.75, 3.05) is 19.7 Å². The zero-order chi connectivity index (χ0) is 14.4. The molecule has 0 aromatic carbocycles. The molecule has 19 heavy (non-hydrogen) atoms. The van der Waals surface area contributed by atoms with E-state index in [1.807, 2.05) is 0 Å². The van der Waals surface area contributed by atoms with Crippen molar-refractivity contribution in [3.05, 3.63) is 0 Å². The molecular weight excluding hydrogens is 254 g/mol. The molecule has 0 saturated carbocycles. The second-order valence-electron chi connectivity index (χ2n) is 4.45. The van der Waals surface area contributed by atoms with Crippen LogP contribution in [0.3, 0.4) is 0 Å². The van der Waals surface area contributed by atoms with Gasteiger partial charge in [0.2, 0.25) is 5.91 Å². The van der Waals surface area contributed by atoms with Crippen LogP contribution in [0, 0.1) is 0 Å². The number of rotatable bonds is 5. The minimum Gasteiger partial charge on any atom is -0.480 e. The molecule has 1 heterocycles. The van der Waals surface area contributed by atoms with Crippen LogP contribution in [0.4, 0.5) is 4.79 Å². The maximum Gasteiger partial charge on any atom is 0.328 e. The zero-order valence-corrected chi connectivity index (χ0v) is 10.8. The van der Waals surface area contributed by atoms with Gasteiger partial charge < -0.3 is 25.7 Å². The average Bonchev–Trinajstić information content (AvgIpc) is 2.88. The zero-order valence-electron chi connectivity index (χ0n) is 10.8. The number of likely N-dealkylation sites (tertiary alicyclic amines) is 1. The van der Waals surface area contributed by atoms with Gasteiger partial charge in [0, 0.05) is 13.1 Å². The molecule has 1 aliphatic rings. The Morgan fingerprint density at radius 1 is 1.21 bits per heavy atom. The number of hydrogen-bond donors (Lipinski definition) is 4. The number of aliphatic carboxylic acids is 1. The SMILES string of the molecule is CC(NC(=O)N[C@H](CO)C(=O)O)C(=O)N1CCCC1. The Kier molecular flexibility index (Phi) is 5.56. The predicted molar refractivity (Wildman–Crippen MR) is 65.5 cm³/mol. The smallest absolute Gasteiger partial charge is 0.328 e. The van der Waals surface area contributed by atoms with Crippen molar-refractivity contribution in [2.45, 2.75) is 31.8 Å².